The normalized spacial score (nSPS) is 13.6. The van der Waals surface area contributed by atoms with E-state index in [-0.39, 0.29) is 0 Å². The minimum absolute atomic E-state index is 0.377. The highest BCUT2D eigenvalue weighted by molar-refractivity contribution is 7.14. The van der Waals surface area contributed by atoms with Crippen LogP contribution in [0.25, 0.3) is 22.6 Å². The van der Waals surface area contributed by atoms with Gasteiger partial charge in [0.15, 0.2) is 6.61 Å². The Balaban J connectivity index is 1.43. The van der Waals surface area contributed by atoms with E-state index in [2.05, 4.69) is 17.5 Å². The molecule has 5 rings (SSSR count). The van der Waals surface area contributed by atoms with E-state index in [1.165, 1.54) is 11.3 Å². The summed E-state index contributed by atoms with van der Waals surface area (Å²) < 4.78 is 5.41. The molecule has 0 atom stereocenters. The number of nitrogens with zero attached hydrogens (tertiary/aromatic N) is 2. The van der Waals surface area contributed by atoms with Gasteiger partial charge in [0.05, 0.1) is 22.3 Å². The van der Waals surface area contributed by atoms with Crippen molar-refractivity contribution in [3.8, 4) is 6.07 Å². The van der Waals surface area contributed by atoms with Crippen LogP contribution < -0.4 is 5.32 Å². The van der Waals surface area contributed by atoms with Crippen molar-refractivity contribution in [3.63, 3.8) is 0 Å². The van der Waals surface area contributed by atoms with E-state index in [0.29, 0.717) is 33.5 Å². The number of allylic oxidation sites excluding steroid dienone is 1. The molecule has 0 aliphatic heterocycles. The van der Waals surface area contributed by atoms with Crippen molar-refractivity contribution < 1.29 is 14.3 Å². The van der Waals surface area contributed by atoms with E-state index >= 15 is 0 Å². The first kappa shape index (κ1) is 21.1. The third-order valence-corrected chi connectivity index (χ3v) is 7.03. The Morgan fingerprint density at radius 1 is 1.12 bits per heavy atom. The second-order valence-electron chi connectivity index (χ2n) is 7.42. The van der Waals surface area contributed by atoms with Gasteiger partial charge in [-0.2, -0.15) is 5.26 Å². The second kappa shape index (κ2) is 8.98. The Morgan fingerprint density at radius 2 is 2.00 bits per heavy atom. The summed E-state index contributed by atoms with van der Waals surface area (Å²) in [4.78, 5) is 31.5. The lowest BCUT2D eigenvalue weighted by Gasteiger charge is -2.12. The maximum Gasteiger partial charge on any atom is 0.339 e. The number of nitriles is 1. The quantitative estimate of drug-likeness (QED) is 0.387. The van der Waals surface area contributed by atoms with Crippen LogP contribution in [0.4, 0.5) is 5.00 Å². The molecule has 0 bridgehead atoms. The van der Waals surface area contributed by atoms with Crippen molar-refractivity contribution in [2.24, 2.45) is 0 Å². The Kier molecular flexibility index (Phi) is 5.73. The van der Waals surface area contributed by atoms with Crippen LogP contribution in [0.15, 0.2) is 53.2 Å². The largest absolute Gasteiger partial charge is 0.452 e. The van der Waals surface area contributed by atoms with Crippen LogP contribution in [0.2, 0.25) is 0 Å². The molecule has 8 heteroatoms. The van der Waals surface area contributed by atoms with E-state index in [1.54, 1.807) is 22.8 Å². The number of thiophene rings is 2. The van der Waals surface area contributed by atoms with Crippen molar-refractivity contribution in [1.82, 2.24) is 4.98 Å². The molecule has 0 unspecified atom stereocenters. The predicted molar refractivity (Wildman–Crippen MR) is 130 cm³/mol. The number of para-hydroxylation sites is 1. The molecule has 0 spiro atoms. The summed E-state index contributed by atoms with van der Waals surface area (Å²) in [5.74, 6) is -1.04. The minimum Gasteiger partial charge on any atom is -0.452 e. The lowest BCUT2D eigenvalue weighted by atomic mass is 10.0. The zero-order chi connectivity index (χ0) is 22.8. The molecule has 0 radical (unpaired) electrons. The molecule has 3 aromatic heterocycles. The maximum absolute atomic E-state index is 13.2. The van der Waals surface area contributed by atoms with Crippen LogP contribution >= 0.6 is 22.7 Å². The topological polar surface area (TPSA) is 92.1 Å². The van der Waals surface area contributed by atoms with Crippen LogP contribution in [0, 0.1) is 11.3 Å². The number of pyridine rings is 1. The van der Waals surface area contributed by atoms with Crippen LogP contribution in [0.3, 0.4) is 0 Å². The van der Waals surface area contributed by atoms with Crippen LogP contribution in [-0.2, 0) is 16.0 Å². The van der Waals surface area contributed by atoms with Gasteiger partial charge in [-0.3, -0.25) is 4.79 Å². The number of amides is 1. The molecule has 1 aliphatic carbocycles. The van der Waals surface area contributed by atoms with Crippen molar-refractivity contribution in [1.29, 1.82) is 5.26 Å². The molecule has 1 aromatic carbocycles. The number of fused-ring (bicyclic) bond motifs is 2. The number of carbonyl (C=O) groups is 2. The summed E-state index contributed by atoms with van der Waals surface area (Å²) in [7, 11) is 0. The summed E-state index contributed by atoms with van der Waals surface area (Å²) in [5, 5.41) is 16.6. The molecule has 1 aliphatic rings. The number of aromatic nitrogens is 1. The average molecular weight is 472 g/mol. The highest BCUT2D eigenvalue weighted by Crippen LogP contribution is 2.38. The lowest BCUT2D eigenvalue weighted by Crippen LogP contribution is -2.21. The predicted octanol–water partition coefficient (Wildman–Crippen LogP) is 5.51. The number of esters is 1. The number of benzene rings is 1. The van der Waals surface area contributed by atoms with Gasteiger partial charge in [-0.05, 0) is 59.0 Å². The Labute approximate surface area is 197 Å². The third-order valence-electron chi connectivity index (χ3n) is 5.38. The molecule has 162 valence electrons. The van der Waals surface area contributed by atoms with Crippen molar-refractivity contribution in [3.05, 3.63) is 80.5 Å². The van der Waals surface area contributed by atoms with E-state index in [9.17, 15) is 9.59 Å². The third kappa shape index (κ3) is 4.16. The second-order valence-corrected chi connectivity index (χ2v) is 9.31. The molecule has 3 heterocycles. The minimum atomic E-state index is -0.552. The molecule has 1 N–H and O–H groups in total. The molecule has 0 saturated carbocycles. The maximum atomic E-state index is 13.2. The van der Waals surface area contributed by atoms with Gasteiger partial charge < -0.3 is 10.1 Å². The summed E-state index contributed by atoms with van der Waals surface area (Å²) in [6, 6.07) is 15.2. The zero-order valence-electron chi connectivity index (χ0n) is 17.3. The van der Waals surface area contributed by atoms with Gasteiger partial charge in [0.25, 0.3) is 5.91 Å². The summed E-state index contributed by atoms with van der Waals surface area (Å²) >= 11 is 2.90. The highest BCUT2D eigenvalue weighted by Gasteiger charge is 2.28. The van der Waals surface area contributed by atoms with E-state index < -0.39 is 18.5 Å². The van der Waals surface area contributed by atoms with Crippen LogP contribution in [0.1, 0.15) is 38.5 Å². The fourth-order valence-electron chi connectivity index (χ4n) is 3.92. The fraction of sp³-hybridized carbons (Fsp3) is 0.120. The van der Waals surface area contributed by atoms with Gasteiger partial charge in [-0.25, -0.2) is 9.78 Å². The molecule has 4 aromatic rings. The monoisotopic (exact) mass is 471 g/mol. The standard InChI is InChI=1S/C25H17N3O3S2/c26-13-16-9-11-33-24(16)28-21(29)14-31-25(30)22-18-5-1-2-6-20(18)27-23-15(7-8-19(22)23)12-17-4-3-10-32-17/h1-6,9-12H,7-8,14H2,(H,28,29). The Hall–Kier alpha value is -3.80. The van der Waals surface area contributed by atoms with Gasteiger partial charge in [-0.15, -0.1) is 22.7 Å². The van der Waals surface area contributed by atoms with Gasteiger partial charge in [0.1, 0.15) is 11.1 Å². The Morgan fingerprint density at radius 3 is 2.82 bits per heavy atom. The fourth-order valence-corrected chi connectivity index (χ4v) is 5.35. The molecular weight excluding hydrogens is 454 g/mol. The average Bonchev–Trinajstić information content (AvgIpc) is 3.58. The van der Waals surface area contributed by atoms with Crippen molar-refractivity contribution in [2.75, 3.05) is 11.9 Å². The first-order valence-corrected chi connectivity index (χ1v) is 12.0. The number of anilines is 1. The van der Waals surface area contributed by atoms with Crippen molar-refractivity contribution >= 4 is 62.1 Å². The first-order valence-electron chi connectivity index (χ1n) is 10.2. The lowest BCUT2D eigenvalue weighted by molar-refractivity contribution is -0.119. The zero-order valence-corrected chi connectivity index (χ0v) is 19.0. The molecule has 0 fully saturated rings. The number of ether oxygens (including phenoxy) is 1. The Bertz CT molecular complexity index is 1450. The number of rotatable bonds is 5. The van der Waals surface area contributed by atoms with E-state index in [0.717, 1.165) is 28.1 Å². The van der Waals surface area contributed by atoms with E-state index in [1.807, 2.05) is 41.8 Å². The van der Waals surface area contributed by atoms with Crippen LogP contribution in [0.5, 0.6) is 0 Å². The molecule has 6 nitrogen and oxygen atoms in total. The van der Waals surface area contributed by atoms with Crippen molar-refractivity contribution in [2.45, 2.75) is 12.8 Å². The number of hydrogen-bond acceptors (Lipinski definition) is 7. The van der Waals surface area contributed by atoms with Gasteiger partial charge in [0.2, 0.25) is 0 Å². The number of carbonyl (C=O) groups excluding carboxylic acids is 2. The van der Waals surface area contributed by atoms with E-state index in [4.69, 9.17) is 15.0 Å². The van der Waals surface area contributed by atoms with Gasteiger partial charge >= 0.3 is 5.97 Å². The summed E-state index contributed by atoms with van der Waals surface area (Å²) in [5.41, 5.74) is 4.31. The summed E-state index contributed by atoms with van der Waals surface area (Å²) in [6.45, 7) is -0.440. The number of hydrogen-bond donors (Lipinski definition) is 1. The van der Waals surface area contributed by atoms with Gasteiger partial charge in [-0.1, -0.05) is 24.3 Å². The smallest absolute Gasteiger partial charge is 0.339 e. The number of nitrogens with one attached hydrogen (secondary N) is 1. The van der Waals surface area contributed by atoms with Crippen LogP contribution in [-0.4, -0.2) is 23.5 Å². The van der Waals surface area contributed by atoms with Gasteiger partial charge in [0, 0.05) is 10.3 Å². The highest BCUT2D eigenvalue weighted by atomic mass is 32.1. The summed E-state index contributed by atoms with van der Waals surface area (Å²) in [6.07, 6.45) is 3.59. The molecule has 0 saturated heterocycles. The molecular formula is C25H17N3O3S2. The molecule has 1 amide bonds. The molecule has 33 heavy (non-hydrogen) atoms. The SMILES string of the molecule is N#Cc1ccsc1NC(=O)COC(=O)c1c2c(nc3ccccc13)C(=Cc1cccs1)CC2. The first-order chi connectivity index (χ1) is 16.1.